The molecule has 1 aliphatic heterocycles. The lowest BCUT2D eigenvalue weighted by Gasteiger charge is -2.23. The molecule has 0 bridgehead atoms. The maximum atomic E-state index is 12.0. The van der Waals surface area contributed by atoms with E-state index in [-0.39, 0.29) is 6.04 Å². The fourth-order valence-corrected chi connectivity index (χ4v) is 3.22. The van der Waals surface area contributed by atoms with Gasteiger partial charge in [-0.1, -0.05) is 0 Å². The van der Waals surface area contributed by atoms with Crippen LogP contribution in [0, 0.1) is 0 Å². The Labute approximate surface area is 95.9 Å². The highest BCUT2D eigenvalue weighted by molar-refractivity contribution is 7.89. The number of aromatic nitrogens is 1. The smallest absolute Gasteiger partial charge is 0.242 e. The Morgan fingerprint density at radius 1 is 1.44 bits per heavy atom. The number of rotatable bonds is 3. The SMILES string of the molecule is Cn1ccc(S(=O)(=O)NC2CCNCC2)c1. The van der Waals surface area contributed by atoms with Crippen LogP contribution in [-0.2, 0) is 17.1 Å². The minimum atomic E-state index is -3.34. The topological polar surface area (TPSA) is 63.1 Å². The third-order valence-electron chi connectivity index (χ3n) is 2.78. The predicted molar refractivity (Wildman–Crippen MR) is 61.6 cm³/mol. The lowest BCUT2D eigenvalue weighted by Crippen LogP contribution is -2.42. The van der Waals surface area contributed by atoms with Crippen molar-refractivity contribution in [2.24, 2.45) is 7.05 Å². The summed E-state index contributed by atoms with van der Waals surface area (Å²) in [5, 5.41) is 3.21. The van der Waals surface area contributed by atoms with Gasteiger partial charge in [-0.3, -0.25) is 0 Å². The van der Waals surface area contributed by atoms with Crippen molar-refractivity contribution >= 4 is 10.0 Å². The predicted octanol–water partition coefficient (Wildman–Crippen LogP) is 0.0554. The van der Waals surface area contributed by atoms with E-state index in [0.29, 0.717) is 4.90 Å². The Morgan fingerprint density at radius 2 is 2.12 bits per heavy atom. The maximum absolute atomic E-state index is 12.0. The molecule has 1 aromatic heterocycles. The summed E-state index contributed by atoms with van der Waals surface area (Å²) in [6, 6.07) is 1.68. The summed E-state index contributed by atoms with van der Waals surface area (Å²) in [7, 11) is -1.53. The summed E-state index contributed by atoms with van der Waals surface area (Å²) < 4.78 is 28.4. The Kier molecular flexibility index (Phi) is 3.32. The molecule has 0 atom stereocenters. The highest BCUT2D eigenvalue weighted by Gasteiger charge is 2.21. The quantitative estimate of drug-likeness (QED) is 0.789. The molecule has 90 valence electrons. The molecule has 16 heavy (non-hydrogen) atoms. The molecule has 0 amide bonds. The van der Waals surface area contributed by atoms with Crippen LogP contribution in [0.4, 0.5) is 0 Å². The molecule has 5 nitrogen and oxygen atoms in total. The van der Waals surface area contributed by atoms with E-state index in [0.717, 1.165) is 25.9 Å². The highest BCUT2D eigenvalue weighted by atomic mass is 32.2. The van der Waals surface area contributed by atoms with Crippen LogP contribution in [0.1, 0.15) is 12.8 Å². The number of nitrogens with one attached hydrogen (secondary N) is 2. The van der Waals surface area contributed by atoms with Gasteiger partial charge in [0.1, 0.15) is 0 Å². The van der Waals surface area contributed by atoms with Crippen molar-refractivity contribution in [2.45, 2.75) is 23.8 Å². The van der Waals surface area contributed by atoms with Crippen LogP contribution in [0.15, 0.2) is 23.4 Å². The van der Waals surface area contributed by atoms with E-state index in [2.05, 4.69) is 10.0 Å². The number of hydrogen-bond acceptors (Lipinski definition) is 3. The van der Waals surface area contributed by atoms with Gasteiger partial charge < -0.3 is 9.88 Å². The Bertz CT molecular complexity index is 446. The van der Waals surface area contributed by atoms with Gasteiger partial charge in [0.2, 0.25) is 10.0 Å². The number of aryl methyl sites for hydroxylation is 1. The van der Waals surface area contributed by atoms with Gasteiger partial charge in [0.25, 0.3) is 0 Å². The summed E-state index contributed by atoms with van der Waals surface area (Å²) in [6.45, 7) is 1.75. The fraction of sp³-hybridized carbons (Fsp3) is 0.600. The molecule has 0 aliphatic carbocycles. The van der Waals surface area contributed by atoms with E-state index in [1.54, 1.807) is 23.0 Å². The van der Waals surface area contributed by atoms with Gasteiger partial charge in [0.15, 0.2) is 0 Å². The van der Waals surface area contributed by atoms with Crippen molar-refractivity contribution in [2.75, 3.05) is 13.1 Å². The molecular formula is C10H17N3O2S. The molecule has 2 heterocycles. The van der Waals surface area contributed by atoms with Crippen molar-refractivity contribution in [3.63, 3.8) is 0 Å². The number of hydrogen-bond donors (Lipinski definition) is 2. The Morgan fingerprint density at radius 3 is 2.69 bits per heavy atom. The van der Waals surface area contributed by atoms with Gasteiger partial charge in [0.05, 0.1) is 4.90 Å². The van der Waals surface area contributed by atoms with E-state index >= 15 is 0 Å². The fourth-order valence-electron chi connectivity index (χ4n) is 1.86. The zero-order valence-corrected chi connectivity index (χ0v) is 10.1. The van der Waals surface area contributed by atoms with E-state index in [9.17, 15) is 8.42 Å². The number of piperidine rings is 1. The Hall–Kier alpha value is -0.850. The summed E-state index contributed by atoms with van der Waals surface area (Å²) in [4.78, 5) is 0.341. The molecular weight excluding hydrogens is 226 g/mol. The first kappa shape index (κ1) is 11.6. The van der Waals surface area contributed by atoms with Gasteiger partial charge in [-0.25, -0.2) is 13.1 Å². The van der Waals surface area contributed by atoms with E-state index in [1.807, 2.05) is 7.05 Å². The number of nitrogens with zero attached hydrogens (tertiary/aromatic N) is 1. The van der Waals surface area contributed by atoms with Gasteiger partial charge >= 0.3 is 0 Å². The van der Waals surface area contributed by atoms with Gasteiger partial charge in [0, 0.05) is 25.5 Å². The van der Waals surface area contributed by atoms with Crippen LogP contribution in [0.5, 0.6) is 0 Å². The largest absolute Gasteiger partial charge is 0.356 e. The second kappa shape index (κ2) is 4.57. The molecule has 0 unspecified atom stereocenters. The molecule has 0 saturated carbocycles. The molecule has 1 fully saturated rings. The first-order valence-electron chi connectivity index (χ1n) is 5.43. The van der Waals surface area contributed by atoms with Gasteiger partial charge in [-0.05, 0) is 32.0 Å². The van der Waals surface area contributed by atoms with E-state index in [1.165, 1.54) is 0 Å². The Balaban J connectivity index is 2.07. The minimum Gasteiger partial charge on any atom is -0.356 e. The highest BCUT2D eigenvalue weighted by Crippen LogP contribution is 2.11. The molecule has 1 aromatic rings. The summed E-state index contributed by atoms with van der Waals surface area (Å²) >= 11 is 0. The van der Waals surface area contributed by atoms with Gasteiger partial charge in [-0.15, -0.1) is 0 Å². The lowest BCUT2D eigenvalue weighted by atomic mass is 10.1. The molecule has 0 aromatic carbocycles. The van der Waals surface area contributed by atoms with Crippen molar-refractivity contribution in [1.29, 1.82) is 0 Å². The first-order valence-corrected chi connectivity index (χ1v) is 6.91. The standard InChI is InChI=1S/C10H17N3O2S/c1-13-7-4-10(8-13)16(14,15)12-9-2-5-11-6-3-9/h4,7-9,11-12H,2-3,5-6H2,1H3. The van der Waals surface area contributed by atoms with E-state index < -0.39 is 10.0 Å². The van der Waals surface area contributed by atoms with Crippen LogP contribution in [0.3, 0.4) is 0 Å². The van der Waals surface area contributed by atoms with Crippen molar-refractivity contribution in [3.8, 4) is 0 Å². The minimum absolute atomic E-state index is 0.0615. The van der Waals surface area contributed by atoms with Crippen molar-refractivity contribution in [1.82, 2.24) is 14.6 Å². The van der Waals surface area contributed by atoms with Crippen LogP contribution >= 0.6 is 0 Å². The second-order valence-electron chi connectivity index (χ2n) is 4.16. The van der Waals surface area contributed by atoms with Crippen molar-refractivity contribution < 1.29 is 8.42 Å². The summed E-state index contributed by atoms with van der Waals surface area (Å²) in [6.07, 6.45) is 5.05. The molecule has 0 spiro atoms. The maximum Gasteiger partial charge on any atom is 0.242 e. The molecule has 1 saturated heterocycles. The second-order valence-corrected chi connectivity index (χ2v) is 5.87. The van der Waals surface area contributed by atoms with Crippen LogP contribution in [0.25, 0.3) is 0 Å². The lowest BCUT2D eigenvalue weighted by molar-refractivity contribution is 0.427. The number of sulfonamides is 1. The summed E-state index contributed by atoms with van der Waals surface area (Å²) in [5.41, 5.74) is 0. The monoisotopic (exact) mass is 243 g/mol. The molecule has 2 N–H and O–H groups in total. The molecule has 1 aliphatic rings. The average Bonchev–Trinajstić information content (AvgIpc) is 2.66. The normalized spacial score (nSPS) is 18.8. The summed E-state index contributed by atoms with van der Waals surface area (Å²) in [5.74, 6) is 0. The zero-order valence-electron chi connectivity index (χ0n) is 9.31. The van der Waals surface area contributed by atoms with Crippen LogP contribution in [0.2, 0.25) is 0 Å². The first-order chi connectivity index (χ1) is 7.58. The third kappa shape index (κ3) is 2.63. The van der Waals surface area contributed by atoms with E-state index in [4.69, 9.17) is 0 Å². The third-order valence-corrected chi connectivity index (χ3v) is 4.28. The zero-order chi connectivity index (χ0) is 11.6. The van der Waals surface area contributed by atoms with Crippen LogP contribution in [-0.4, -0.2) is 32.1 Å². The van der Waals surface area contributed by atoms with Crippen LogP contribution < -0.4 is 10.0 Å². The molecule has 2 rings (SSSR count). The van der Waals surface area contributed by atoms with Crippen molar-refractivity contribution in [3.05, 3.63) is 18.5 Å². The molecule has 0 radical (unpaired) electrons. The average molecular weight is 243 g/mol. The van der Waals surface area contributed by atoms with Gasteiger partial charge in [-0.2, -0.15) is 0 Å². The molecule has 6 heteroatoms.